The number of rotatable bonds is 3. The van der Waals surface area contributed by atoms with Gasteiger partial charge in [0.2, 0.25) is 5.91 Å². The van der Waals surface area contributed by atoms with Gasteiger partial charge in [0.05, 0.1) is 6.04 Å². The first-order chi connectivity index (χ1) is 9.05. The van der Waals surface area contributed by atoms with E-state index in [1.165, 1.54) is 25.7 Å². The monoisotopic (exact) mass is 280 g/mol. The Morgan fingerprint density at radius 2 is 2.21 bits per heavy atom. The van der Waals surface area contributed by atoms with Crippen molar-refractivity contribution in [1.29, 1.82) is 0 Å². The van der Waals surface area contributed by atoms with E-state index in [1.807, 2.05) is 0 Å². The molecule has 1 unspecified atom stereocenters. The molecule has 1 N–H and O–H groups in total. The van der Waals surface area contributed by atoms with Gasteiger partial charge in [-0.1, -0.05) is 39.0 Å². The highest BCUT2D eigenvalue weighted by Gasteiger charge is 2.48. The predicted octanol–water partition coefficient (Wildman–Crippen LogP) is 3.20. The first-order valence-corrected chi connectivity index (χ1v) is 8.45. The summed E-state index contributed by atoms with van der Waals surface area (Å²) in [7, 11) is 0. The number of aliphatic imine (C=N–C) groups is 1. The maximum atomic E-state index is 12.3. The molecule has 0 spiro atoms. The van der Waals surface area contributed by atoms with Gasteiger partial charge in [-0.25, -0.2) is 0 Å². The number of hydrogen-bond donors (Lipinski definition) is 1. The number of fused-ring (bicyclic) bond motifs is 2. The van der Waals surface area contributed by atoms with E-state index in [-0.39, 0.29) is 10.7 Å². The number of hydrogen-bond acceptors (Lipinski definition) is 3. The summed E-state index contributed by atoms with van der Waals surface area (Å²) in [6, 6.07) is 0.473. The lowest BCUT2D eigenvalue weighted by Crippen LogP contribution is -2.40. The highest BCUT2D eigenvalue weighted by molar-refractivity contribution is 8.16. The molecule has 2 saturated carbocycles. The Hall–Kier alpha value is -0.510. The predicted molar refractivity (Wildman–Crippen MR) is 80.3 cm³/mol. The number of amides is 1. The molecule has 3 rings (SSSR count). The normalized spacial score (nSPS) is 43.5. The van der Waals surface area contributed by atoms with Crippen LogP contribution in [0.25, 0.3) is 0 Å². The fourth-order valence-electron chi connectivity index (χ4n) is 4.05. The van der Waals surface area contributed by atoms with E-state index < -0.39 is 0 Å². The van der Waals surface area contributed by atoms with Crippen LogP contribution in [-0.4, -0.2) is 21.9 Å². The van der Waals surface area contributed by atoms with Crippen molar-refractivity contribution in [2.75, 3.05) is 0 Å². The minimum Gasteiger partial charge on any atom is -0.304 e. The second-order valence-corrected chi connectivity index (χ2v) is 7.95. The second-order valence-electron chi connectivity index (χ2n) is 6.63. The van der Waals surface area contributed by atoms with E-state index in [0.717, 1.165) is 23.4 Å². The Balaban J connectivity index is 1.76. The zero-order chi connectivity index (χ0) is 13.6. The fourth-order valence-corrected chi connectivity index (χ4v) is 5.25. The van der Waals surface area contributed by atoms with Crippen LogP contribution in [0.2, 0.25) is 0 Å². The average Bonchev–Trinajstić information content (AvgIpc) is 3.03. The Morgan fingerprint density at radius 1 is 1.42 bits per heavy atom. The maximum Gasteiger partial charge on any atom is 0.242 e. The molecule has 2 bridgehead atoms. The molecule has 2 aliphatic carbocycles. The number of carbonyl (C=O) groups is 1. The molecule has 1 heterocycles. The van der Waals surface area contributed by atoms with Gasteiger partial charge in [0, 0.05) is 0 Å². The minimum atomic E-state index is -0.295. The molecule has 3 aliphatic rings. The fraction of sp³-hybridized carbons (Fsp3) is 0.867. The van der Waals surface area contributed by atoms with E-state index in [9.17, 15) is 4.79 Å². The maximum absolute atomic E-state index is 12.3. The Morgan fingerprint density at radius 3 is 2.68 bits per heavy atom. The van der Waals surface area contributed by atoms with Crippen LogP contribution in [0.5, 0.6) is 0 Å². The molecular weight excluding hydrogens is 256 g/mol. The Labute approximate surface area is 120 Å². The first-order valence-electron chi connectivity index (χ1n) is 7.63. The van der Waals surface area contributed by atoms with Gasteiger partial charge < -0.3 is 5.32 Å². The third kappa shape index (κ3) is 2.12. The van der Waals surface area contributed by atoms with Gasteiger partial charge in [-0.15, -0.1) is 0 Å². The molecule has 3 fully saturated rings. The Kier molecular flexibility index (Phi) is 3.40. The van der Waals surface area contributed by atoms with E-state index in [2.05, 4.69) is 26.1 Å². The molecule has 1 amide bonds. The van der Waals surface area contributed by atoms with Crippen molar-refractivity contribution in [3.8, 4) is 0 Å². The third-order valence-corrected chi connectivity index (χ3v) is 7.04. The smallest absolute Gasteiger partial charge is 0.242 e. The summed E-state index contributed by atoms with van der Waals surface area (Å²) in [5, 5.41) is 3.92. The van der Waals surface area contributed by atoms with Crippen molar-refractivity contribution in [2.24, 2.45) is 22.7 Å². The van der Waals surface area contributed by atoms with Crippen LogP contribution in [0.15, 0.2) is 4.99 Å². The molecule has 4 atom stereocenters. The number of amidine groups is 1. The first kappa shape index (κ1) is 13.5. The van der Waals surface area contributed by atoms with E-state index in [0.29, 0.717) is 12.0 Å². The van der Waals surface area contributed by atoms with Crippen LogP contribution >= 0.6 is 11.8 Å². The van der Waals surface area contributed by atoms with Gasteiger partial charge in [0.15, 0.2) is 5.17 Å². The lowest BCUT2D eigenvalue weighted by atomic mass is 9.91. The summed E-state index contributed by atoms with van der Waals surface area (Å²) in [6.45, 7) is 6.38. The molecular formula is C15H24N2OS. The van der Waals surface area contributed by atoms with Gasteiger partial charge in [0.1, 0.15) is 4.75 Å². The van der Waals surface area contributed by atoms with Crippen LogP contribution in [0, 0.1) is 17.8 Å². The van der Waals surface area contributed by atoms with E-state index in [4.69, 9.17) is 4.99 Å². The van der Waals surface area contributed by atoms with Gasteiger partial charge >= 0.3 is 0 Å². The highest BCUT2D eigenvalue weighted by atomic mass is 32.2. The van der Waals surface area contributed by atoms with E-state index in [1.54, 1.807) is 11.8 Å². The minimum absolute atomic E-state index is 0.164. The van der Waals surface area contributed by atoms with Crippen molar-refractivity contribution >= 4 is 22.8 Å². The number of carbonyl (C=O) groups excluding carboxylic acids is 1. The molecule has 19 heavy (non-hydrogen) atoms. The molecule has 106 valence electrons. The SMILES string of the molecule is CCC1(C(C)C)SC(=N[C@H]2C[C@@H]3CC[C@H]2C3)NC1=O. The lowest BCUT2D eigenvalue weighted by molar-refractivity contribution is -0.122. The molecule has 1 saturated heterocycles. The summed E-state index contributed by atoms with van der Waals surface area (Å²) >= 11 is 1.68. The van der Waals surface area contributed by atoms with Crippen molar-refractivity contribution in [1.82, 2.24) is 5.32 Å². The largest absolute Gasteiger partial charge is 0.304 e. The van der Waals surface area contributed by atoms with Crippen LogP contribution in [0.1, 0.15) is 52.9 Å². The zero-order valence-electron chi connectivity index (χ0n) is 12.1. The molecule has 3 nitrogen and oxygen atoms in total. The van der Waals surface area contributed by atoms with Crippen molar-refractivity contribution < 1.29 is 4.79 Å². The number of nitrogens with zero attached hydrogens (tertiary/aromatic N) is 1. The quantitative estimate of drug-likeness (QED) is 0.862. The van der Waals surface area contributed by atoms with Crippen LogP contribution < -0.4 is 5.32 Å². The van der Waals surface area contributed by atoms with Crippen molar-refractivity contribution in [3.05, 3.63) is 0 Å². The summed E-state index contributed by atoms with van der Waals surface area (Å²) in [5.74, 6) is 2.19. The molecule has 0 radical (unpaired) electrons. The van der Waals surface area contributed by atoms with Gasteiger partial charge in [-0.2, -0.15) is 0 Å². The summed E-state index contributed by atoms with van der Waals surface area (Å²) in [5.41, 5.74) is 0. The molecule has 1 aliphatic heterocycles. The standard InChI is InChI=1S/C15H24N2OS/c1-4-15(9(2)3)13(18)17-14(19-15)16-12-8-10-5-6-11(12)7-10/h9-12H,4-8H2,1-3H3,(H,16,17,18)/t10-,11+,12+,15?/m1/s1. The van der Waals surface area contributed by atoms with Crippen molar-refractivity contribution in [3.63, 3.8) is 0 Å². The zero-order valence-corrected chi connectivity index (χ0v) is 12.9. The van der Waals surface area contributed by atoms with Gasteiger partial charge in [-0.3, -0.25) is 9.79 Å². The Bertz CT molecular complexity index is 420. The summed E-state index contributed by atoms with van der Waals surface area (Å²) in [4.78, 5) is 17.2. The molecule has 0 aromatic carbocycles. The van der Waals surface area contributed by atoms with Crippen LogP contribution in [-0.2, 0) is 4.79 Å². The summed E-state index contributed by atoms with van der Waals surface area (Å²) in [6.07, 6.45) is 6.22. The average molecular weight is 280 g/mol. The topological polar surface area (TPSA) is 41.5 Å². The highest BCUT2D eigenvalue weighted by Crippen LogP contribution is 2.47. The molecule has 0 aromatic rings. The number of nitrogens with one attached hydrogen (secondary N) is 1. The van der Waals surface area contributed by atoms with Crippen molar-refractivity contribution in [2.45, 2.75) is 63.7 Å². The molecule has 0 aromatic heterocycles. The lowest BCUT2D eigenvalue weighted by Gasteiger charge is -2.27. The number of thioether (sulfide) groups is 1. The van der Waals surface area contributed by atoms with Gasteiger partial charge in [0.25, 0.3) is 0 Å². The van der Waals surface area contributed by atoms with E-state index >= 15 is 0 Å². The van der Waals surface area contributed by atoms with Crippen LogP contribution in [0.4, 0.5) is 0 Å². The van der Waals surface area contributed by atoms with Gasteiger partial charge in [-0.05, 0) is 43.4 Å². The second kappa shape index (κ2) is 4.80. The molecule has 4 heteroatoms. The third-order valence-electron chi connectivity index (χ3n) is 5.33. The van der Waals surface area contributed by atoms with Crippen LogP contribution in [0.3, 0.4) is 0 Å². The summed E-state index contributed by atoms with van der Waals surface area (Å²) < 4.78 is -0.295.